The van der Waals surface area contributed by atoms with Crippen molar-refractivity contribution in [3.63, 3.8) is 0 Å². The maximum Gasteiger partial charge on any atom is 0.178 e. The molecule has 1 atom stereocenters. The molecule has 0 radical (unpaired) electrons. The van der Waals surface area contributed by atoms with Crippen LogP contribution < -0.4 is 0 Å². The first-order chi connectivity index (χ1) is 10.5. The maximum atomic E-state index is 13.6. The molecule has 4 nitrogen and oxygen atoms in total. The van der Waals surface area contributed by atoms with Gasteiger partial charge < -0.3 is 10.1 Å². The Morgan fingerprint density at radius 1 is 1.32 bits per heavy atom. The lowest BCUT2D eigenvalue weighted by Gasteiger charge is -2.10. The van der Waals surface area contributed by atoms with Crippen molar-refractivity contribution in [3.05, 3.63) is 52.7 Å². The molecule has 0 aliphatic rings. The first-order valence-corrected chi connectivity index (χ1v) is 7.66. The summed E-state index contributed by atoms with van der Waals surface area (Å²) >= 11 is 7.01. The van der Waals surface area contributed by atoms with Gasteiger partial charge in [0.25, 0.3) is 0 Å². The van der Waals surface area contributed by atoms with Gasteiger partial charge in [0, 0.05) is 17.5 Å². The molecule has 0 aliphatic carbocycles. The molecule has 0 amide bonds. The van der Waals surface area contributed by atoms with Gasteiger partial charge in [0.15, 0.2) is 10.8 Å². The monoisotopic (exact) mass is 341 g/mol. The summed E-state index contributed by atoms with van der Waals surface area (Å²) < 4.78 is 26.7. The standard InChI is InChI=1S/C14H10ClF2N3OS/c15-7-3-11-13(18-5-7)20-14(19-11)22-6-12(21)9-4-8(16)1-2-10(9)17/h1-5,12,21H,6H2,(H,18,19,20). The largest absolute Gasteiger partial charge is 0.387 e. The van der Waals surface area contributed by atoms with Crippen molar-refractivity contribution < 1.29 is 13.9 Å². The number of aliphatic hydroxyl groups is 1. The van der Waals surface area contributed by atoms with Gasteiger partial charge in [-0.15, -0.1) is 0 Å². The molecule has 1 aromatic carbocycles. The number of hydrogen-bond donors (Lipinski definition) is 2. The number of imidazole rings is 1. The topological polar surface area (TPSA) is 61.8 Å². The summed E-state index contributed by atoms with van der Waals surface area (Å²) in [5.74, 6) is -1.12. The molecular weight excluding hydrogens is 332 g/mol. The van der Waals surface area contributed by atoms with Gasteiger partial charge >= 0.3 is 0 Å². The fraction of sp³-hybridized carbons (Fsp3) is 0.143. The number of H-pyrrole nitrogens is 1. The van der Waals surface area contributed by atoms with Crippen LogP contribution in [0.25, 0.3) is 11.2 Å². The lowest BCUT2D eigenvalue weighted by Crippen LogP contribution is -2.04. The third-order valence-corrected chi connectivity index (χ3v) is 4.13. The Hall–Kier alpha value is -1.70. The van der Waals surface area contributed by atoms with Crippen LogP contribution in [0.15, 0.2) is 35.6 Å². The highest BCUT2D eigenvalue weighted by Crippen LogP contribution is 2.26. The Morgan fingerprint density at radius 3 is 2.95 bits per heavy atom. The molecule has 3 rings (SSSR count). The Balaban J connectivity index is 1.74. The SMILES string of the molecule is OC(CSc1nc2ncc(Cl)cc2[nH]1)c1cc(F)ccc1F. The van der Waals surface area contributed by atoms with E-state index >= 15 is 0 Å². The van der Waals surface area contributed by atoms with E-state index in [1.807, 2.05) is 0 Å². The number of pyridine rings is 1. The second-order valence-corrected chi connectivity index (χ2v) is 6.00. The zero-order chi connectivity index (χ0) is 15.7. The minimum absolute atomic E-state index is 0.0789. The summed E-state index contributed by atoms with van der Waals surface area (Å²) in [4.78, 5) is 11.3. The van der Waals surface area contributed by atoms with E-state index in [1.54, 1.807) is 6.07 Å². The molecule has 1 unspecified atom stereocenters. The number of fused-ring (bicyclic) bond motifs is 1. The number of nitrogens with one attached hydrogen (secondary N) is 1. The van der Waals surface area contributed by atoms with Gasteiger partial charge in [0.1, 0.15) is 11.6 Å². The predicted octanol–water partition coefficient (Wildman–Crippen LogP) is 3.72. The molecular formula is C14H10ClF2N3OS. The van der Waals surface area contributed by atoms with Crippen molar-refractivity contribution in [1.82, 2.24) is 15.0 Å². The van der Waals surface area contributed by atoms with E-state index in [2.05, 4.69) is 15.0 Å². The van der Waals surface area contributed by atoms with E-state index < -0.39 is 17.7 Å². The Morgan fingerprint density at radius 2 is 2.14 bits per heavy atom. The summed E-state index contributed by atoms with van der Waals surface area (Å²) in [6.45, 7) is 0. The van der Waals surface area contributed by atoms with E-state index in [1.165, 1.54) is 18.0 Å². The van der Waals surface area contributed by atoms with Crippen molar-refractivity contribution >= 4 is 34.5 Å². The molecule has 0 bridgehead atoms. The van der Waals surface area contributed by atoms with Crippen molar-refractivity contribution in [3.8, 4) is 0 Å². The van der Waals surface area contributed by atoms with Gasteiger partial charge in [0.2, 0.25) is 0 Å². The molecule has 22 heavy (non-hydrogen) atoms. The van der Waals surface area contributed by atoms with Crippen LogP contribution >= 0.6 is 23.4 Å². The lowest BCUT2D eigenvalue weighted by molar-refractivity contribution is 0.198. The minimum Gasteiger partial charge on any atom is -0.387 e. The van der Waals surface area contributed by atoms with Gasteiger partial charge in [-0.05, 0) is 24.3 Å². The smallest absolute Gasteiger partial charge is 0.178 e. The van der Waals surface area contributed by atoms with E-state index in [0.717, 1.165) is 18.2 Å². The number of rotatable bonds is 4. The number of hydrogen-bond acceptors (Lipinski definition) is 4. The first-order valence-electron chi connectivity index (χ1n) is 6.30. The summed E-state index contributed by atoms with van der Waals surface area (Å²) in [6.07, 6.45) is 0.335. The molecule has 0 fully saturated rings. The molecule has 0 aliphatic heterocycles. The number of aliphatic hydroxyl groups excluding tert-OH is 1. The summed E-state index contributed by atoms with van der Waals surface area (Å²) in [5.41, 5.74) is 1.09. The zero-order valence-corrected chi connectivity index (χ0v) is 12.6. The van der Waals surface area contributed by atoms with Crippen LogP contribution in [0.4, 0.5) is 8.78 Å². The van der Waals surface area contributed by atoms with Gasteiger partial charge in [0.05, 0.1) is 16.6 Å². The molecule has 3 aromatic rings. The maximum absolute atomic E-state index is 13.6. The highest BCUT2D eigenvalue weighted by Gasteiger charge is 2.15. The average molecular weight is 342 g/mol. The zero-order valence-electron chi connectivity index (χ0n) is 11.1. The number of aromatic amines is 1. The second kappa shape index (κ2) is 6.20. The fourth-order valence-corrected chi connectivity index (χ4v) is 2.92. The molecule has 2 N–H and O–H groups in total. The molecule has 0 saturated carbocycles. The third-order valence-electron chi connectivity index (χ3n) is 2.98. The van der Waals surface area contributed by atoms with Crippen molar-refractivity contribution in [2.75, 3.05) is 5.75 Å². The quantitative estimate of drug-likeness (QED) is 0.710. The van der Waals surface area contributed by atoms with E-state index in [-0.39, 0.29) is 11.3 Å². The van der Waals surface area contributed by atoms with E-state index in [0.29, 0.717) is 21.3 Å². The third kappa shape index (κ3) is 3.21. The number of benzene rings is 1. The van der Waals surface area contributed by atoms with Crippen LogP contribution in [-0.4, -0.2) is 25.8 Å². The summed E-state index contributed by atoms with van der Waals surface area (Å²) in [5, 5.41) is 11.0. The van der Waals surface area contributed by atoms with Crippen LogP contribution in [0, 0.1) is 11.6 Å². The summed E-state index contributed by atoms with van der Waals surface area (Å²) in [6, 6.07) is 4.67. The molecule has 8 heteroatoms. The first kappa shape index (κ1) is 15.2. The van der Waals surface area contributed by atoms with Gasteiger partial charge in [-0.1, -0.05) is 23.4 Å². The predicted molar refractivity (Wildman–Crippen MR) is 80.9 cm³/mol. The van der Waals surface area contributed by atoms with Crippen LogP contribution in [0.1, 0.15) is 11.7 Å². The van der Waals surface area contributed by atoms with Crippen LogP contribution in [0.2, 0.25) is 5.02 Å². The lowest BCUT2D eigenvalue weighted by atomic mass is 10.1. The van der Waals surface area contributed by atoms with Crippen LogP contribution in [0.3, 0.4) is 0 Å². The summed E-state index contributed by atoms with van der Waals surface area (Å²) in [7, 11) is 0. The molecule has 0 saturated heterocycles. The van der Waals surface area contributed by atoms with Crippen molar-refractivity contribution in [2.24, 2.45) is 0 Å². The highest BCUT2D eigenvalue weighted by molar-refractivity contribution is 7.99. The van der Waals surface area contributed by atoms with E-state index in [9.17, 15) is 13.9 Å². The molecule has 114 valence electrons. The minimum atomic E-state index is -1.15. The van der Waals surface area contributed by atoms with E-state index in [4.69, 9.17) is 11.6 Å². The number of halogens is 3. The van der Waals surface area contributed by atoms with Crippen molar-refractivity contribution in [1.29, 1.82) is 0 Å². The van der Waals surface area contributed by atoms with Crippen LogP contribution in [0.5, 0.6) is 0 Å². The number of aromatic nitrogens is 3. The van der Waals surface area contributed by atoms with Gasteiger partial charge in [-0.25, -0.2) is 18.7 Å². The highest BCUT2D eigenvalue weighted by atomic mass is 35.5. The number of nitrogens with zero attached hydrogens (tertiary/aromatic N) is 2. The Labute approximate surface area is 133 Å². The molecule has 2 heterocycles. The van der Waals surface area contributed by atoms with Gasteiger partial charge in [-0.3, -0.25) is 0 Å². The van der Waals surface area contributed by atoms with Crippen LogP contribution in [-0.2, 0) is 0 Å². The number of thioether (sulfide) groups is 1. The van der Waals surface area contributed by atoms with Crippen molar-refractivity contribution in [2.45, 2.75) is 11.3 Å². The molecule has 2 aromatic heterocycles. The van der Waals surface area contributed by atoms with Gasteiger partial charge in [-0.2, -0.15) is 0 Å². The Bertz CT molecular complexity index is 827. The fourth-order valence-electron chi connectivity index (χ4n) is 1.94. The normalized spacial score (nSPS) is 12.7. The average Bonchev–Trinajstić information content (AvgIpc) is 2.89. The second-order valence-electron chi connectivity index (χ2n) is 4.56. The molecule has 0 spiro atoms. The Kier molecular flexibility index (Phi) is 4.28.